The Balaban J connectivity index is 3.06. The Bertz CT molecular complexity index is 621. The fourth-order valence-corrected chi connectivity index (χ4v) is 1.83. The lowest BCUT2D eigenvalue weighted by Crippen LogP contribution is -2.27. The van der Waals surface area contributed by atoms with E-state index in [9.17, 15) is 9.59 Å². The fraction of sp³-hybridized carbons (Fsp3) is 0.412. The number of anilines is 1. The van der Waals surface area contributed by atoms with Crippen LogP contribution in [0.25, 0.3) is 0 Å². The smallest absolute Gasteiger partial charge is 0.412 e. The highest BCUT2D eigenvalue weighted by molar-refractivity contribution is 5.86. The summed E-state index contributed by atoms with van der Waals surface area (Å²) in [6.07, 6.45) is 4.98. The zero-order valence-electron chi connectivity index (χ0n) is 13.6. The van der Waals surface area contributed by atoms with Crippen LogP contribution in [0.5, 0.6) is 0 Å². The normalized spacial score (nSPS) is 10.5. The number of terminal acetylenes is 1. The van der Waals surface area contributed by atoms with Gasteiger partial charge in [-0.05, 0) is 51.0 Å². The van der Waals surface area contributed by atoms with Gasteiger partial charge in [-0.3, -0.25) is 10.1 Å². The molecule has 0 heterocycles. The van der Waals surface area contributed by atoms with E-state index in [-0.39, 0.29) is 12.4 Å². The highest BCUT2D eigenvalue weighted by Crippen LogP contribution is 2.22. The highest BCUT2D eigenvalue weighted by Gasteiger charge is 2.17. The standard InChI is InChI=1S/C17H21NO4/c1-7-12-8-14(18-16(20)22-17(3,4)5)9-13(11(12)2)10-15(19)21-6/h1,8-9H,10H2,2-6H3,(H,18,20). The van der Waals surface area contributed by atoms with Gasteiger partial charge in [0.05, 0.1) is 13.5 Å². The van der Waals surface area contributed by atoms with Crippen LogP contribution < -0.4 is 5.32 Å². The molecule has 22 heavy (non-hydrogen) atoms. The van der Waals surface area contributed by atoms with E-state index < -0.39 is 11.7 Å². The molecule has 0 saturated carbocycles. The van der Waals surface area contributed by atoms with Crippen molar-refractivity contribution >= 4 is 17.7 Å². The van der Waals surface area contributed by atoms with Crippen LogP contribution in [0.2, 0.25) is 0 Å². The summed E-state index contributed by atoms with van der Waals surface area (Å²) in [5, 5.41) is 2.62. The molecule has 0 aliphatic heterocycles. The maximum atomic E-state index is 11.8. The van der Waals surface area contributed by atoms with Crippen LogP contribution in [0, 0.1) is 19.3 Å². The zero-order valence-corrected chi connectivity index (χ0v) is 13.6. The second-order valence-electron chi connectivity index (χ2n) is 5.83. The number of hydrogen-bond acceptors (Lipinski definition) is 4. The molecule has 0 spiro atoms. The number of esters is 1. The molecule has 0 aliphatic carbocycles. The number of nitrogens with one attached hydrogen (secondary N) is 1. The van der Waals surface area contributed by atoms with E-state index in [1.165, 1.54) is 7.11 Å². The molecule has 1 amide bonds. The van der Waals surface area contributed by atoms with Gasteiger partial charge in [0.1, 0.15) is 5.60 Å². The molecular formula is C17H21NO4. The number of ether oxygens (including phenoxy) is 2. The van der Waals surface area contributed by atoms with Crippen molar-refractivity contribution in [3.05, 3.63) is 28.8 Å². The van der Waals surface area contributed by atoms with Crippen LogP contribution in [0.15, 0.2) is 12.1 Å². The Morgan fingerprint density at radius 1 is 1.32 bits per heavy atom. The predicted molar refractivity (Wildman–Crippen MR) is 84.7 cm³/mol. The Kier molecular flexibility index (Phi) is 5.58. The summed E-state index contributed by atoms with van der Waals surface area (Å²) in [4.78, 5) is 23.3. The van der Waals surface area contributed by atoms with Crippen molar-refractivity contribution in [1.29, 1.82) is 0 Å². The van der Waals surface area contributed by atoms with Gasteiger partial charge in [-0.1, -0.05) is 5.92 Å². The van der Waals surface area contributed by atoms with Crippen molar-refractivity contribution in [1.82, 2.24) is 0 Å². The average molecular weight is 303 g/mol. The lowest BCUT2D eigenvalue weighted by molar-refractivity contribution is -0.139. The lowest BCUT2D eigenvalue weighted by atomic mass is 9.99. The van der Waals surface area contributed by atoms with Gasteiger partial charge < -0.3 is 9.47 Å². The Morgan fingerprint density at radius 2 is 1.95 bits per heavy atom. The van der Waals surface area contributed by atoms with Gasteiger partial charge in [0.15, 0.2) is 0 Å². The molecule has 0 saturated heterocycles. The van der Waals surface area contributed by atoms with E-state index in [1.54, 1.807) is 32.9 Å². The number of amides is 1. The van der Waals surface area contributed by atoms with Crippen molar-refractivity contribution in [3.8, 4) is 12.3 Å². The molecule has 5 nitrogen and oxygen atoms in total. The van der Waals surface area contributed by atoms with Crippen molar-refractivity contribution in [2.24, 2.45) is 0 Å². The van der Waals surface area contributed by atoms with Crippen molar-refractivity contribution < 1.29 is 19.1 Å². The molecule has 0 unspecified atom stereocenters. The zero-order chi connectivity index (χ0) is 16.9. The summed E-state index contributed by atoms with van der Waals surface area (Å²) >= 11 is 0. The summed E-state index contributed by atoms with van der Waals surface area (Å²) < 4.78 is 9.86. The fourth-order valence-electron chi connectivity index (χ4n) is 1.83. The quantitative estimate of drug-likeness (QED) is 0.688. The van der Waals surface area contributed by atoms with E-state index >= 15 is 0 Å². The van der Waals surface area contributed by atoms with Gasteiger partial charge in [0, 0.05) is 11.3 Å². The van der Waals surface area contributed by atoms with Crippen LogP contribution in [0.4, 0.5) is 10.5 Å². The summed E-state index contributed by atoms with van der Waals surface area (Å²) in [6, 6.07) is 3.36. The SMILES string of the molecule is C#Cc1cc(NC(=O)OC(C)(C)C)cc(CC(=O)OC)c1C. The van der Waals surface area contributed by atoms with E-state index in [2.05, 4.69) is 16.0 Å². The molecule has 0 aromatic heterocycles. The maximum absolute atomic E-state index is 11.8. The molecule has 0 atom stereocenters. The molecule has 0 fully saturated rings. The molecule has 1 rings (SSSR count). The summed E-state index contributed by atoms with van der Waals surface area (Å²) in [7, 11) is 1.32. The lowest BCUT2D eigenvalue weighted by Gasteiger charge is -2.20. The molecule has 0 aliphatic rings. The molecule has 5 heteroatoms. The highest BCUT2D eigenvalue weighted by atomic mass is 16.6. The van der Waals surface area contributed by atoms with Gasteiger partial charge in [-0.2, -0.15) is 0 Å². The number of methoxy groups -OCH3 is 1. The first kappa shape index (κ1) is 17.6. The summed E-state index contributed by atoms with van der Waals surface area (Å²) in [6.45, 7) is 7.15. The number of rotatable bonds is 3. The molecule has 118 valence electrons. The molecule has 0 radical (unpaired) electrons. The minimum Gasteiger partial charge on any atom is -0.469 e. The number of hydrogen-bond donors (Lipinski definition) is 1. The number of carbonyl (C=O) groups is 2. The largest absolute Gasteiger partial charge is 0.469 e. The second-order valence-corrected chi connectivity index (χ2v) is 5.83. The number of carbonyl (C=O) groups excluding carboxylic acids is 2. The van der Waals surface area contributed by atoms with Crippen molar-refractivity contribution in [3.63, 3.8) is 0 Å². The van der Waals surface area contributed by atoms with Crippen molar-refractivity contribution in [2.45, 2.75) is 39.7 Å². The van der Waals surface area contributed by atoms with Crippen LogP contribution in [0.3, 0.4) is 0 Å². The van der Waals surface area contributed by atoms with Gasteiger partial charge in [-0.15, -0.1) is 6.42 Å². The Morgan fingerprint density at radius 3 is 2.45 bits per heavy atom. The predicted octanol–water partition coefficient (Wildman–Crippen LogP) is 3.04. The van der Waals surface area contributed by atoms with E-state index in [4.69, 9.17) is 11.2 Å². The first-order valence-corrected chi connectivity index (χ1v) is 6.83. The van der Waals surface area contributed by atoms with Crippen LogP contribution in [-0.2, 0) is 20.7 Å². The topological polar surface area (TPSA) is 64.6 Å². The van der Waals surface area contributed by atoms with E-state index in [1.807, 2.05) is 6.92 Å². The first-order valence-electron chi connectivity index (χ1n) is 6.83. The van der Waals surface area contributed by atoms with Crippen LogP contribution in [0.1, 0.15) is 37.5 Å². The average Bonchev–Trinajstić information content (AvgIpc) is 2.39. The monoisotopic (exact) mass is 303 g/mol. The third-order valence-electron chi connectivity index (χ3n) is 2.88. The summed E-state index contributed by atoms with van der Waals surface area (Å²) in [5.74, 6) is 2.17. The summed E-state index contributed by atoms with van der Waals surface area (Å²) in [5.41, 5.74) is 1.99. The molecule has 1 aromatic carbocycles. The molecule has 1 aromatic rings. The van der Waals surface area contributed by atoms with Gasteiger partial charge in [0.25, 0.3) is 0 Å². The van der Waals surface area contributed by atoms with Gasteiger partial charge >= 0.3 is 12.1 Å². The maximum Gasteiger partial charge on any atom is 0.412 e. The minimum atomic E-state index is -0.599. The third kappa shape index (κ3) is 5.13. The number of benzene rings is 1. The molecule has 0 bridgehead atoms. The second kappa shape index (κ2) is 6.99. The third-order valence-corrected chi connectivity index (χ3v) is 2.88. The van der Waals surface area contributed by atoms with Crippen LogP contribution in [-0.4, -0.2) is 24.8 Å². The molecule has 1 N–H and O–H groups in total. The van der Waals surface area contributed by atoms with E-state index in [0.29, 0.717) is 16.8 Å². The van der Waals surface area contributed by atoms with E-state index in [0.717, 1.165) is 5.56 Å². The Labute approximate surface area is 131 Å². The molecular weight excluding hydrogens is 282 g/mol. The van der Waals surface area contributed by atoms with Gasteiger partial charge in [0.2, 0.25) is 0 Å². The Hall–Kier alpha value is -2.48. The minimum absolute atomic E-state index is 0.0842. The first-order chi connectivity index (χ1) is 10.2. The van der Waals surface area contributed by atoms with Crippen molar-refractivity contribution in [2.75, 3.05) is 12.4 Å². The van der Waals surface area contributed by atoms with Gasteiger partial charge in [-0.25, -0.2) is 4.79 Å². The van der Waals surface area contributed by atoms with Crippen LogP contribution >= 0.6 is 0 Å².